The number of benzene rings is 2. The molecule has 0 bridgehead atoms. The first-order chi connectivity index (χ1) is 8.65. The zero-order chi connectivity index (χ0) is 13.1. The maximum absolute atomic E-state index is 9.26. The van der Waals surface area contributed by atoms with E-state index < -0.39 is 0 Å². The molecule has 0 fully saturated rings. The predicted octanol–water partition coefficient (Wildman–Crippen LogP) is 4.40. The van der Waals surface area contributed by atoms with Crippen molar-refractivity contribution in [2.75, 3.05) is 11.9 Å². The van der Waals surface area contributed by atoms with E-state index in [1.807, 2.05) is 42.3 Å². The van der Waals surface area contributed by atoms with Gasteiger partial charge in [-0.25, -0.2) is 0 Å². The standard InChI is InChI=1S/C15H13BrN2/c1-11-6-3-4-8-14(11)18(2)15-9-5-7-13(16)12(15)10-17/h3-9H,1-2H3. The summed E-state index contributed by atoms with van der Waals surface area (Å²) < 4.78 is 0.822. The van der Waals surface area contributed by atoms with Gasteiger partial charge in [-0.05, 0) is 46.6 Å². The van der Waals surface area contributed by atoms with Gasteiger partial charge in [-0.1, -0.05) is 24.3 Å². The second kappa shape index (κ2) is 5.24. The van der Waals surface area contributed by atoms with E-state index in [1.165, 1.54) is 5.56 Å². The zero-order valence-electron chi connectivity index (χ0n) is 10.3. The maximum atomic E-state index is 9.26. The fourth-order valence-corrected chi connectivity index (χ4v) is 2.42. The average molecular weight is 301 g/mol. The lowest BCUT2D eigenvalue weighted by Crippen LogP contribution is -2.12. The molecule has 0 spiro atoms. The lowest BCUT2D eigenvalue weighted by Gasteiger charge is -2.23. The van der Waals surface area contributed by atoms with Crippen molar-refractivity contribution in [2.45, 2.75) is 6.92 Å². The van der Waals surface area contributed by atoms with E-state index in [0.29, 0.717) is 5.56 Å². The van der Waals surface area contributed by atoms with Gasteiger partial charge in [0.2, 0.25) is 0 Å². The highest BCUT2D eigenvalue weighted by Gasteiger charge is 2.12. The molecular weight excluding hydrogens is 288 g/mol. The smallest absolute Gasteiger partial charge is 0.103 e. The maximum Gasteiger partial charge on any atom is 0.103 e. The van der Waals surface area contributed by atoms with Gasteiger partial charge in [0.05, 0.1) is 11.3 Å². The Morgan fingerprint density at radius 1 is 1.06 bits per heavy atom. The van der Waals surface area contributed by atoms with Crippen LogP contribution in [0.4, 0.5) is 11.4 Å². The van der Waals surface area contributed by atoms with E-state index in [4.69, 9.17) is 0 Å². The summed E-state index contributed by atoms with van der Waals surface area (Å²) in [5.41, 5.74) is 3.85. The van der Waals surface area contributed by atoms with Crippen LogP contribution in [-0.2, 0) is 0 Å². The highest BCUT2D eigenvalue weighted by Crippen LogP contribution is 2.32. The zero-order valence-corrected chi connectivity index (χ0v) is 11.9. The van der Waals surface area contributed by atoms with Gasteiger partial charge >= 0.3 is 0 Å². The van der Waals surface area contributed by atoms with Gasteiger partial charge in [0.15, 0.2) is 0 Å². The van der Waals surface area contributed by atoms with Gasteiger partial charge in [-0.3, -0.25) is 0 Å². The third-order valence-electron chi connectivity index (χ3n) is 2.94. The van der Waals surface area contributed by atoms with Gasteiger partial charge < -0.3 is 4.90 Å². The molecular formula is C15H13BrN2. The number of para-hydroxylation sites is 1. The van der Waals surface area contributed by atoms with Crippen molar-refractivity contribution < 1.29 is 0 Å². The van der Waals surface area contributed by atoms with E-state index in [1.54, 1.807) is 0 Å². The molecule has 0 saturated carbocycles. The third-order valence-corrected chi connectivity index (χ3v) is 3.60. The van der Waals surface area contributed by atoms with Gasteiger partial charge in [0.25, 0.3) is 0 Å². The van der Waals surface area contributed by atoms with Crippen molar-refractivity contribution in [1.82, 2.24) is 0 Å². The molecule has 3 heteroatoms. The molecule has 0 amide bonds. The van der Waals surface area contributed by atoms with Crippen LogP contribution in [0.5, 0.6) is 0 Å². The van der Waals surface area contributed by atoms with Crippen molar-refractivity contribution >= 4 is 27.3 Å². The molecule has 0 saturated heterocycles. The van der Waals surface area contributed by atoms with Crippen molar-refractivity contribution in [3.63, 3.8) is 0 Å². The number of rotatable bonds is 2. The molecule has 0 aliphatic carbocycles. The van der Waals surface area contributed by atoms with Crippen LogP contribution in [0.15, 0.2) is 46.9 Å². The fraction of sp³-hybridized carbons (Fsp3) is 0.133. The molecule has 0 aliphatic heterocycles. The van der Waals surface area contributed by atoms with Crippen molar-refractivity contribution in [2.24, 2.45) is 0 Å². The predicted molar refractivity (Wildman–Crippen MR) is 78.1 cm³/mol. The SMILES string of the molecule is Cc1ccccc1N(C)c1cccc(Br)c1C#N. The quantitative estimate of drug-likeness (QED) is 0.822. The van der Waals surface area contributed by atoms with Crippen LogP contribution in [0.3, 0.4) is 0 Å². The summed E-state index contributed by atoms with van der Waals surface area (Å²) in [6.07, 6.45) is 0. The number of nitriles is 1. The summed E-state index contributed by atoms with van der Waals surface area (Å²) in [5.74, 6) is 0. The number of anilines is 2. The summed E-state index contributed by atoms with van der Waals surface area (Å²) in [6.45, 7) is 2.07. The van der Waals surface area contributed by atoms with Crippen molar-refractivity contribution in [3.05, 3.63) is 58.1 Å². The van der Waals surface area contributed by atoms with Crippen molar-refractivity contribution in [3.8, 4) is 6.07 Å². The van der Waals surface area contributed by atoms with E-state index in [9.17, 15) is 5.26 Å². The molecule has 0 N–H and O–H groups in total. The molecule has 0 heterocycles. The Labute approximate surface area is 116 Å². The second-order valence-electron chi connectivity index (χ2n) is 4.09. The lowest BCUT2D eigenvalue weighted by molar-refractivity contribution is 1.17. The number of hydrogen-bond acceptors (Lipinski definition) is 2. The number of hydrogen-bond donors (Lipinski definition) is 0. The molecule has 2 aromatic carbocycles. The Hall–Kier alpha value is -1.79. The normalized spacial score (nSPS) is 9.89. The molecule has 2 nitrogen and oxygen atoms in total. The van der Waals surface area contributed by atoms with E-state index in [0.717, 1.165) is 15.8 Å². The molecule has 0 unspecified atom stereocenters. The largest absolute Gasteiger partial charge is 0.343 e. The minimum absolute atomic E-state index is 0.656. The monoisotopic (exact) mass is 300 g/mol. The van der Waals surface area contributed by atoms with Gasteiger partial charge in [0.1, 0.15) is 6.07 Å². The molecule has 2 rings (SSSR count). The van der Waals surface area contributed by atoms with Crippen LogP contribution in [-0.4, -0.2) is 7.05 Å². The molecule has 0 atom stereocenters. The molecule has 90 valence electrons. The minimum atomic E-state index is 0.656. The summed E-state index contributed by atoms with van der Waals surface area (Å²) >= 11 is 3.42. The van der Waals surface area contributed by atoms with Crippen LogP contribution < -0.4 is 4.90 Å². The van der Waals surface area contributed by atoms with Gasteiger partial charge in [0, 0.05) is 17.2 Å². The Bertz CT molecular complexity index is 614. The Morgan fingerprint density at radius 2 is 1.72 bits per heavy atom. The lowest BCUT2D eigenvalue weighted by atomic mass is 10.1. The first-order valence-corrected chi connectivity index (χ1v) is 6.42. The summed E-state index contributed by atoms with van der Waals surface area (Å²) in [6, 6.07) is 16.2. The summed E-state index contributed by atoms with van der Waals surface area (Å²) in [5, 5.41) is 9.26. The Balaban J connectivity index is 2.54. The third kappa shape index (κ3) is 2.25. The highest BCUT2D eigenvalue weighted by atomic mass is 79.9. The van der Waals surface area contributed by atoms with Crippen LogP contribution >= 0.6 is 15.9 Å². The number of halogens is 1. The number of aryl methyl sites for hydroxylation is 1. The second-order valence-corrected chi connectivity index (χ2v) is 4.95. The first-order valence-electron chi connectivity index (χ1n) is 5.63. The summed E-state index contributed by atoms with van der Waals surface area (Å²) in [4.78, 5) is 2.04. The first kappa shape index (κ1) is 12.7. The fourth-order valence-electron chi connectivity index (χ4n) is 1.97. The summed E-state index contributed by atoms with van der Waals surface area (Å²) in [7, 11) is 1.98. The van der Waals surface area contributed by atoms with Crippen molar-refractivity contribution in [1.29, 1.82) is 5.26 Å². The molecule has 0 aromatic heterocycles. The number of nitrogens with zero attached hydrogens (tertiary/aromatic N) is 2. The van der Waals surface area contributed by atoms with Crippen LogP contribution in [0.2, 0.25) is 0 Å². The van der Waals surface area contributed by atoms with Gasteiger partial charge in [-0.2, -0.15) is 5.26 Å². The van der Waals surface area contributed by atoms with E-state index >= 15 is 0 Å². The molecule has 0 aliphatic rings. The Morgan fingerprint density at radius 3 is 2.39 bits per heavy atom. The molecule has 18 heavy (non-hydrogen) atoms. The average Bonchev–Trinajstić information content (AvgIpc) is 2.38. The topological polar surface area (TPSA) is 27.0 Å². The minimum Gasteiger partial charge on any atom is -0.343 e. The van der Waals surface area contributed by atoms with Gasteiger partial charge in [-0.15, -0.1) is 0 Å². The van der Waals surface area contributed by atoms with Crippen LogP contribution in [0.25, 0.3) is 0 Å². The van der Waals surface area contributed by atoms with E-state index in [2.05, 4.69) is 41.1 Å². The Kier molecular flexibility index (Phi) is 3.69. The molecule has 0 radical (unpaired) electrons. The van der Waals surface area contributed by atoms with Crippen LogP contribution in [0, 0.1) is 18.3 Å². The molecule has 2 aromatic rings. The van der Waals surface area contributed by atoms with Crippen LogP contribution in [0.1, 0.15) is 11.1 Å². The highest BCUT2D eigenvalue weighted by molar-refractivity contribution is 9.10. The van der Waals surface area contributed by atoms with E-state index in [-0.39, 0.29) is 0 Å².